The summed E-state index contributed by atoms with van der Waals surface area (Å²) < 4.78 is 0.593. The molecule has 0 aromatic heterocycles. The molecule has 0 N–H and O–H groups in total. The summed E-state index contributed by atoms with van der Waals surface area (Å²) in [6.45, 7) is 2.30. The van der Waals surface area contributed by atoms with Crippen LogP contribution in [0.2, 0.25) is 0 Å². The van der Waals surface area contributed by atoms with Crippen molar-refractivity contribution in [1.82, 2.24) is 0 Å². The van der Waals surface area contributed by atoms with Crippen LogP contribution in [0.1, 0.15) is 46.5 Å². The second-order valence-electron chi connectivity index (χ2n) is 7.71. The van der Waals surface area contributed by atoms with Crippen molar-refractivity contribution in [3.63, 3.8) is 0 Å². The Morgan fingerprint density at radius 1 is 0.733 bits per heavy atom. The number of hydrogen-bond acceptors (Lipinski definition) is 0. The number of fused-ring (bicyclic) bond motifs is 4. The van der Waals surface area contributed by atoms with E-state index in [0.29, 0.717) is 3.63 Å². The molecule has 0 amide bonds. The summed E-state index contributed by atoms with van der Waals surface area (Å²) in [5.41, 5.74) is 7.56. The van der Waals surface area contributed by atoms with Crippen molar-refractivity contribution in [3.8, 4) is 0 Å². The second-order valence-corrected chi connectivity index (χ2v) is 9.13. The maximum atomic E-state index is 2.35. The first-order chi connectivity index (χ1) is 13.8. The number of allylic oxidation sites excluding steroid dienone is 1. The number of halogens is 2. The van der Waals surface area contributed by atoms with Gasteiger partial charge < -0.3 is 24.8 Å². The van der Waals surface area contributed by atoms with Crippen molar-refractivity contribution < 1.29 is 49.5 Å². The number of unbranched alkanes of at least 4 members (excludes halogenated alkanes) is 1. The van der Waals surface area contributed by atoms with Crippen LogP contribution in [0.5, 0.6) is 0 Å². The van der Waals surface area contributed by atoms with E-state index in [-0.39, 0.29) is 24.8 Å². The van der Waals surface area contributed by atoms with Crippen molar-refractivity contribution in [2.75, 3.05) is 0 Å². The Bertz CT molecular complexity index is 1230. The van der Waals surface area contributed by atoms with Crippen LogP contribution in [0.15, 0.2) is 84.4 Å². The molecule has 0 fully saturated rings. The normalized spacial score (nSPS) is 15.1. The molecule has 149 valence electrons. The molecule has 0 saturated heterocycles. The Kier molecular flexibility index (Phi) is 7.62. The molecule has 0 heterocycles. The topological polar surface area (TPSA) is 0 Å². The second kappa shape index (κ2) is 9.82. The van der Waals surface area contributed by atoms with Crippen LogP contribution < -0.4 is 24.8 Å². The van der Waals surface area contributed by atoms with Crippen LogP contribution in [0.25, 0.3) is 27.1 Å². The summed E-state index contributed by atoms with van der Waals surface area (Å²) in [5.74, 6) is 0. The van der Waals surface area contributed by atoms with E-state index < -0.39 is 0 Å². The monoisotopic (exact) mass is 507 g/mol. The maximum Gasteiger partial charge on any atom is -1.00 e. The summed E-state index contributed by atoms with van der Waals surface area (Å²) >= 11 is 1.60. The van der Waals surface area contributed by atoms with E-state index in [1.165, 1.54) is 63.1 Å². The summed E-state index contributed by atoms with van der Waals surface area (Å²) in [4.78, 5) is 0. The summed E-state index contributed by atoms with van der Waals surface area (Å²) in [6.07, 6.45) is 3.72. The molecule has 0 radical (unpaired) electrons. The fourth-order valence-corrected chi connectivity index (χ4v) is 6.03. The van der Waals surface area contributed by atoms with Gasteiger partial charge in [-0.1, -0.05) is 0 Å². The third-order valence-corrected chi connectivity index (χ3v) is 7.67. The van der Waals surface area contributed by atoms with Crippen LogP contribution in [-0.2, 0) is 24.7 Å². The average molecular weight is 510 g/mol. The van der Waals surface area contributed by atoms with Crippen LogP contribution >= 0.6 is 0 Å². The van der Waals surface area contributed by atoms with Gasteiger partial charge in [0, 0.05) is 0 Å². The SMILES string of the molecule is CCCCC1=C(c2cccc3ccc4ccccc4c23)c2ccccc2[CH]1[Zr+2].[Cl-].[Cl-]. The molecular formula is C27H23Cl2Zr. The Balaban J connectivity index is 0.00000128. The molecule has 5 rings (SSSR count). The van der Waals surface area contributed by atoms with Gasteiger partial charge >= 0.3 is 183 Å². The van der Waals surface area contributed by atoms with Gasteiger partial charge in [-0.2, -0.15) is 0 Å². The van der Waals surface area contributed by atoms with Crippen molar-refractivity contribution >= 4 is 27.1 Å². The fourth-order valence-electron chi connectivity index (χ4n) is 4.70. The predicted octanol–water partition coefficient (Wildman–Crippen LogP) is 1.59. The van der Waals surface area contributed by atoms with E-state index in [2.05, 4.69) is 85.8 Å². The van der Waals surface area contributed by atoms with Gasteiger partial charge in [0.2, 0.25) is 0 Å². The molecule has 1 aliphatic carbocycles. The van der Waals surface area contributed by atoms with E-state index in [9.17, 15) is 0 Å². The largest absolute Gasteiger partial charge is 1.00 e. The first-order valence-corrected chi connectivity index (χ1v) is 11.7. The molecule has 1 atom stereocenters. The van der Waals surface area contributed by atoms with Crippen LogP contribution in [-0.4, -0.2) is 0 Å². The van der Waals surface area contributed by atoms with Crippen molar-refractivity contribution in [3.05, 3.63) is 101 Å². The molecule has 0 aliphatic heterocycles. The fraction of sp³-hybridized carbons (Fsp3) is 0.185. The van der Waals surface area contributed by atoms with Crippen molar-refractivity contribution in [2.24, 2.45) is 0 Å². The molecule has 3 heteroatoms. The van der Waals surface area contributed by atoms with E-state index in [4.69, 9.17) is 0 Å². The van der Waals surface area contributed by atoms with Crippen molar-refractivity contribution in [2.45, 2.75) is 29.8 Å². The zero-order chi connectivity index (χ0) is 19.1. The Morgan fingerprint density at radius 2 is 1.40 bits per heavy atom. The van der Waals surface area contributed by atoms with E-state index in [1.807, 2.05) is 0 Å². The third-order valence-electron chi connectivity index (χ3n) is 6.05. The smallest absolute Gasteiger partial charge is 1.00 e. The van der Waals surface area contributed by atoms with E-state index >= 15 is 0 Å². The Morgan fingerprint density at radius 3 is 2.23 bits per heavy atom. The van der Waals surface area contributed by atoms with Crippen molar-refractivity contribution in [1.29, 1.82) is 0 Å². The molecule has 0 nitrogen and oxygen atoms in total. The van der Waals surface area contributed by atoms with Gasteiger partial charge in [-0.15, -0.1) is 0 Å². The van der Waals surface area contributed by atoms with Gasteiger partial charge in [0.1, 0.15) is 0 Å². The van der Waals surface area contributed by atoms with E-state index in [1.54, 1.807) is 30.3 Å². The quantitative estimate of drug-likeness (QED) is 0.367. The molecule has 30 heavy (non-hydrogen) atoms. The van der Waals surface area contributed by atoms with Gasteiger partial charge in [-0.3, -0.25) is 0 Å². The number of rotatable bonds is 4. The maximum absolute atomic E-state index is 2.35. The predicted molar refractivity (Wildman–Crippen MR) is 116 cm³/mol. The van der Waals surface area contributed by atoms with Crippen LogP contribution in [0.3, 0.4) is 0 Å². The Labute approximate surface area is 206 Å². The van der Waals surface area contributed by atoms with Crippen LogP contribution in [0, 0.1) is 0 Å². The minimum Gasteiger partial charge on any atom is -1.00 e. The first-order valence-electron chi connectivity index (χ1n) is 10.2. The summed E-state index contributed by atoms with van der Waals surface area (Å²) in [6, 6.07) is 29.3. The molecule has 1 unspecified atom stereocenters. The molecule has 4 aromatic carbocycles. The zero-order valence-corrected chi connectivity index (χ0v) is 20.9. The van der Waals surface area contributed by atoms with Gasteiger partial charge in [0.05, 0.1) is 0 Å². The standard InChI is InChI=1S/C27H23.2ClH.Zr/c1-2-3-9-22-18-21-11-5-7-14-24(21)27(22)25-15-8-12-20-17-16-19-10-4-6-13-23(19)26(20)25;;;/h4-8,10-18H,2-3,9H2,1H3;2*1H;/q;;;+2/p-2. The number of benzene rings is 4. The van der Waals surface area contributed by atoms with Crippen LogP contribution in [0.4, 0.5) is 0 Å². The Hall–Kier alpha value is -1.40. The molecule has 0 bridgehead atoms. The van der Waals surface area contributed by atoms with Gasteiger partial charge in [0.25, 0.3) is 0 Å². The average Bonchev–Trinajstić information content (AvgIpc) is 3.03. The first kappa shape index (κ1) is 23.3. The summed E-state index contributed by atoms with van der Waals surface area (Å²) in [5, 5.41) is 5.43. The molecule has 1 aliphatic rings. The summed E-state index contributed by atoms with van der Waals surface area (Å²) in [7, 11) is 0. The minimum absolute atomic E-state index is 0. The van der Waals surface area contributed by atoms with Gasteiger partial charge in [-0.05, 0) is 0 Å². The third kappa shape index (κ3) is 3.82. The van der Waals surface area contributed by atoms with Gasteiger partial charge in [-0.25, -0.2) is 0 Å². The molecule has 4 aromatic rings. The minimum atomic E-state index is 0. The van der Waals surface area contributed by atoms with E-state index in [0.717, 1.165) is 0 Å². The molecule has 0 spiro atoms. The number of hydrogen-bond donors (Lipinski definition) is 0. The molecule has 0 saturated carbocycles. The zero-order valence-electron chi connectivity index (χ0n) is 17.0. The molecular weight excluding hydrogens is 486 g/mol. The van der Waals surface area contributed by atoms with Gasteiger partial charge in [0.15, 0.2) is 0 Å².